The maximum Gasteiger partial charge on any atom is 0.405 e. The van der Waals surface area contributed by atoms with E-state index < -0.39 is 18.6 Å². The smallest absolute Gasteiger partial charge is 0.398 e. The van der Waals surface area contributed by atoms with Gasteiger partial charge in [-0.15, -0.1) is 11.8 Å². The fraction of sp³-hybridized carbons (Fsp3) is 0.300. The van der Waals surface area contributed by atoms with Crippen LogP contribution in [0.2, 0.25) is 0 Å². The quantitative estimate of drug-likeness (QED) is 0.653. The molecule has 1 aromatic carbocycles. The number of hydrogen-bond donors (Lipinski definition) is 2. The van der Waals surface area contributed by atoms with Crippen LogP contribution < -0.4 is 11.1 Å². The lowest BCUT2D eigenvalue weighted by Gasteiger charge is -2.09. The average Bonchev–Trinajstić information content (AvgIpc) is 2.24. The molecule has 0 aliphatic heterocycles. The Labute approximate surface area is 114 Å². The molecule has 0 saturated carbocycles. The molecule has 0 radical (unpaired) electrons. The van der Waals surface area contributed by atoms with Crippen molar-refractivity contribution in [3.63, 3.8) is 0 Å². The molecule has 1 amide bonds. The van der Waals surface area contributed by atoms with Crippen LogP contribution in [0.3, 0.4) is 0 Å². The van der Waals surface area contributed by atoms with Crippen molar-refractivity contribution in [2.45, 2.75) is 11.1 Å². The zero-order chi connectivity index (χ0) is 13.8. The topological polar surface area (TPSA) is 55.1 Å². The zero-order valence-corrected chi connectivity index (χ0v) is 11.5. The summed E-state index contributed by atoms with van der Waals surface area (Å²) < 4.78 is 36.3. The van der Waals surface area contributed by atoms with E-state index >= 15 is 0 Å². The van der Waals surface area contributed by atoms with Crippen molar-refractivity contribution in [2.75, 3.05) is 18.0 Å². The number of carbonyl (C=O) groups is 1. The molecule has 0 unspecified atom stereocenters. The van der Waals surface area contributed by atoms with Crippen LogP contribution in [-0.2, 0) is 4.79 Å². The SMILES string of the molecule is Nc1cc(Br)ccc1SCC(=O)NCC(F)(F)F. The predicted molar refractivity (Wildman–Crippen MR) is 68.3 cm³/mol. The average molecular weight is 343 g/mol. The van der Waals surface area contributed by atoms with E-state index in [0.717, 1.165) is 16.2 Å². The van der Waals surface area contributed by atoms with Gasteiger partial charge in [0.2, 0.25) is 5.91 Å². The van der Waals surface area contributed by atoms with Gasteiger partial charge in [-0.05, 0) is 18.2 Å². The van der Waals surface area contributed by atoms with Crippen LogP contribution in [0.1, 0.15) is 0 Å². The van der Waals surface area contributed by atoms with Crippen molar-refractivity contribution in [1.82, 2.24) is 5.32 Å². The van der Waals surface area contributed by atoms with Crippen LogP contribution in [-0.4, -0.2) is 24.4 Å². The molecule has 1 aromatic rings. The van der Waals surface area contributed by atoms with Gasteiger partial charge in [-0.25, -0.2) is 0 Å². The molecule has 18 heavy (non-hydrogen) atoms. The van der Waals surface area contributed by atoms with Gasteiger partial charge in [0.25, 0.3) is 0 Å². The Morgan fingerprint density at radius 2 is 2.11 bits per heavy atom. The summed E-state index contributed by atoms with van der Waals surface area (Å²) in [6.45, 7) is -1.32. The lowest BCUT2D eigenvalue weighted by molar-refractivity contribution is -0.136. The number of carbonyl (C=O) groups excluding carboxylic acids is 1. The first-order valence-electron chi connectivity index (χ1n) is 4.79. The van der Waals surface area contributed by atoms with Crippen molar-refractivity contribution < 1.29 is 18.0 Å². The molecule has 100 valence electrons. The summed E-state index contributed by atoms with van der Waals surface area (Å²) in [5, 5.41) is 1.79. The van der Waals surface area contributed by atoms with Crippen LogP contribution in [0.5, 0.6) is 0 Å². The molecule has 0 aromatic heterocycles. The maximum absolute atomic E-state index is 11.8. The molecule has 0 atom stereocenters. The van der Waals surface area contributed by atoms with Crippen molar-refractivity contribution in [3.05, 3.63) is 22.7 Å². The first kappa shape index (κ1) is 15.2. The number of amides is 1. The fourth-order valence-corrected chi connectivity index (χ4v) is 2.20. The molecule has 0 aliphatic carbocycles. The third-order valence-corrected chi connectivity index (χ3v) is 3.40. The van der Waals surface area contributed by atoms with Crippen molar-refractivity contribution in [2.24, 2.45) is 0 Å². The number of alkyl halides is 3. The highest BCUT2D eigenvalue weighted by Gasteiger charge is 2.27. The molecule has 0 spiro atoms. The van der Waals surface area contributed by atoms with Crippen LogP contribution in [0, 0.1) is 0 Å². The van der Waals surface area contributed by atoms with Gasteiger partial charge < -0.3 is 11.1 Å². The van der Waals surface area contributed by atoms with Crippen LogP contribution in [0.15, 0.2) is 27.6 Å². The lowest BCUT2D eigenvalue weighted by atomic mass is 10.3. The summed E-state index contributed by atoms with van der Waals surface area (Å²) in [4.78, 5) is 11.8. The summed E-state index contributed by atoms with van der Waals surface area (Å²) in [6, 6.07) is 5.10. The summed E-state index contributed by atoms with van der Waals surface area (Å²) in [5.41, 5.74) is 6.16. The Hall–Kier alpha value is -0.890. The highest BCUT2D eigenvalue weighted by molar-refractivity contribution is 9.10. The lowest BCUT2D eigenvalue weighted by Crippen LogP contribution is -2.34. The first-order valence-corrected chi connectivity index (χ1v) is 6.57. The minimum absolute atomic E-state index is 0.109. The molecule has 0 bridgehead atoms. The molecule has 3 N–H and O–H groups in total. The summed E-state index contributed by atoms with van der Waals surface area (Å²) in [7, 11) is 0. The van der Waals surface area contributed by atoms with E-state index in [1.165, 1.54) is 0 Å². The van der Waals surface area contributed by atoms with E-state index in [1.807, 2.05) is 0 Å². The molecular formula is C10H10BrF3N2OS. The highest BCUT2D eigenvalue weighted by Crippen LogP contribution is 2.27. The third-order valence-electron chi connectivity index (χ3n) is 1.82. The zero-order valence-electron chi connectivity index (χ0n) is 9.05. The Bertz CT molecular complexity index is 440. The highest BCUT2D eigenvalue weighted by atomic mass is 79.9. The second kappa shape index (κ2) is 6.33. The third kappa shape index (κ3) is 5.63. The predicted octanol–water partition coefficient (Wildman–Crippen LogP) is 2.80. The van der Waals surface area contributed by atoms with E-state index in [2.05, 4.69) is 15.9 Å². The molecule has 3 nitrogen and oxygen atoms in total. The van der Waals surface area contributed by atoms with Gasteiger partial charge >= 0.3 is 6.18 Å². The monoisotopic (exact) mass is 342 g/mol. The maximum atomic E-state index is 11.8. The number of benzene rings is 1. The Kier molecular flexibility index (Phi) is 5.33. The summed E-state index contributed by atoms with van der Waals surface area (Å²) >= 11 is 4.32. The first-order chi connectivity index (χ1) is 8.28. The van der Waals surface area contributed by atoms with Crippen molar-refractivity contribution in [3.8, 4) is 0 Å². The number of nitrogens with one attached hydrogen (secondary N) is 1. The van der Waals surface area contributed by atoms with Gasteiger partial charge in [-0.2, -0.15) is 13.2 Å². The van der Waals surface area contributed by atoms with E-state index in [1.54, 1.807) is 23.5 Å². The number of hydrogen-bond acceptors (Lipinski definition) is 3. The number of nitrogen functional groups attached to an aromatic ring is 1. The fourth-order valence-electron chi connectivity index (χ4n) is 1.04. The summed E-state index contributed by atoms with van der Waals surface area (Å²) in [5.74, 6) is -0.790. The Balaban J connectivity index is 2.43. The van der Waals surface area contributed by atoms with Gasteiger partial charge in [0, 0.05) is 15.1 Å². The van der Waals surface area contributed by atoms with E-state index in [-0.39, 0.29) is 5.75 Å². The van der Waals surface area contributed by atoms with Gasteiger partial charge in [0.1, 0.15) is 6.54 Å². The van der Waals surface area contributed by atoms with Crippen LogP contribution in [0.25, 0.3) is 0 Å². The largest absolute Gasteiger partial charge is 0.405 e. The van der Waals surface area contributed by atoms with Crippen LogP contribution >= 0.6 is 27.7 Å². The molecule has 0 aliphatic rings. The standard InChI is InChI=1S/C10H10BrF3N2OS/c11-6-1-2-8(7(15)3-6)18-4-9(17)16-5-10(12,13)14/h1-3H,4-5,15H2,(H,16,17). The minimum atomic E-state index is -4.39. The molecule has 0 saturated heterocycles. The second-order valence-corrected chi connectivity index (χ2v) is 5.30. The van der Waals surface area contributed by atoms with E-state index in [0.29, 0.717) is 10.6 Å². The number of thioether (sulfide) groups is 1. The van der Waals surface area contributed by atoms with E-state index in [9.17, 15) is 18.0 Å². The normalized spacial score (nSPS) is 11.3. The Morgan fingerprint density at radius 3 is 2.67 bits per heavy atom. The van der Waals surface area contributed by atoms with E-state index in [4.69, 9.17) is 5.73 Å². The number of nitrogens with two attached hydrogens (primary N) is 1. The number of anilines is 1. The van der Waals surface area contributed by atoms with Gasteiger partial charge in [-0.3, -0.25) is 4.79 Å². The second-order valence-electron chi connectivity index (χ2n) is 3.36. The molecule has 0 fully saturated rings. The molecule has 1 rings (SSSR count). The van der Waals surface area contributed by atoms with Gasteiger partial charge in [0.05, 0.1) is 5.75 Å². The van der Waals surface area contributed by atoms with Gasteiger partial charge in [-0.1, -0.05) is 15.9 Å². The minimum Gasteiger partial charge on any atom is -0.398 e. The number of rotatable bonds is 4. The van der Waals surface area contributed by atoms with Crippen molar-refractivity contribution in [1.29, 1.82) is 0 Å². The summed E-state index contributed by atoms with van der Waals surface area (Å²) in [6.07, 6.45) is -4.39. The van der Waals surface area contributed by atoms with Gasteiger partial charge in [0.15, 0.2) is 0 Å². The molecular weight excluding hydrogens is 333 g/mol. The van der Waals surface area contributed by atoms with Crippen molar-refractivity contribution >= 4 is 39.3 Å². The van der Waals surface area contributed by atoms with Crippen LogP contribution in [0.4, 0.5) is 18.9 Å². The Morgan fingerprint density at radius 1 is 1.44 bits per heavy atom. The number of halogens is 4. The molecule has 0 heterocycles. The molecule has 8 heteroatoms.